The number of unbranched alkanes of at least 4 members (excludes halogenated alkanes) is 8. The van der Waals surface area contributed by atoms with E-state index in [1.165, 1.54) is 164 Å². The van der Waals surface area contributed by atoms with Crippen LogP contribution < -0.4 is 26.5 Å². The van der Waals surface area contributed by atoms with Gasteiger partial charge >= 0.3 is 101 Å². The first kappa shape index (κ1) is 51.1. The van der Waals surface area contributed by atoms with E-state index in [0.29, 0.717) is 26.5 Å². The molecule has 0 heterocycles. The maximum atomic E-state index is 2.39. The van der Waals surface area contributed by atoms with Crippen molar-refractivity contribution in [2.75, 3.05) is 52.4 Å². The third kappa shape index (κ3) is 36.8. The van der Waals surface area contributed by atoms with Gasteiger partial charge in [-0.15, -0.1) is 0 Å². The molecule has 0 amide bonds. The predicted octanol–water partition coefficient (Wildman–Crippen LogP) is 7.56. The van der Waals surface area contributed by atoms with Crippen molar-refractivity contribution in [3.05, 3.63) is 0 Å². The van der Waals surface area contributed by atoms with Crippen LogP contribution in [-0.2, 0) is 0 Å². The van der Waals surface area contributed by atoms with Gasteiger partial charge in [-0.3, -0.25) is 0 Å². The molecule has 0 aromatic carbocycles. The van der Waals surface area contributed by atoms with E-state index in [0.717, 1.165) is 0 Å². The Labute approximate surface area is 315 Å². The van der Waals surface area contributed by atoms with Gasteiger partial charge < -0.3 is 8.97 Å². The molecule has 0 aromatic heterocycles. The molecule has 0 fully saturated rings. The van der Waals surface area contributed by atoms with E-state index < -0.39 is 0 Å². The molecule has 252 valence electrons. The summed E-state index contributed by atoms with van der Waals surface area (Å²) in [7, 11) is 0. The van der Waals surface area contributed by atoms with E-state index in [1.807, 2.05) is 0 Å². The summed E-state index contributed by atoms with van der Waals surface area (Å²) in [6.07, 6.45) is 22.1. The van der Waals surface area contributed by atoms with Crippen LogP contribution in [0.15, 0.2) is 0 Å². The van der Waals surface area contributed by atoms with Gasteiger partial charge in [0.25, 0.3) is 0 Å². The number of halogens is 6. The Balaban J connectivity index is -0.000000270. The molecule has 0 rings (SSSR count). The summed E-state index contributed by atoms with van der Waals surface area (Å²) >= 11 is 10.6. The molecular formula is C32H72I6N2. The molecule has 0 aliphatic carbocycles. The van der Waals surface area contributed by atoms with Crippen LogP contribution in [0.1, 0.15) is 158 Å². The molecule has 8 heteroatoms. The van der Waals surface area contributed by atoms with Crippen molar-refractivity contribution in [2.24, 2.45) is 0 Å². The van der Waals surface area contributed by atoms with Crippen LogP contribution in [0, 0.1) is 0 Å². The normalized spacial score (nSPS) is 11.3. The summed E-state index contributed by atoms with van der Waals surface area (Å²) in [6, 6.07) is 0. The van der Waals surface area contributed by atoms with Crippen LogP contribution in [0.25, 0.3) is 0 Å². The summed E-state index contributed by atoms with van der Waals surface area (Å²) in [5.74, 6) is 0. The second-order valence-corrected chi connectivity index (χ2v) is 43.9. The Morgan fingerprint density at radius 3 is 0.475 bits per heavy atom. The van der Waals surface area contributed by atoms with E-state index in [9.17, 15) is 0 Å². The quantitative estimate of drug-likeness (QED) is 0.0693. The van der Waals surface area contributed by atoms with Crippen molar-refractivity contribution in [1.29, 1.82) is 0 Å². The van der Waals surface area contributed by atoms with E-state index in [4.69, 9.17) is 0 Å². The molecule has 0 aliphatic rings. The molecule has 0 aliphatic heterocycles. The Bertz CT molecular complexity index is 317. The zero-order valence-electron chi connectivity index (χ0n) is 28.1. The molecule has 40 heavy (non-hydrogen) atoms. The number of hydrogen-bond acceptors (Lipinski definition) is 0. The van der Waals surface area contributed by atoms with Crippen molar-refractivity contribution < 1.29 is 35.5 Å². The molecule has 0 saturated heterocycles. The Hall–Kier alpha value is 4.30. The van der Waals surface area contributed by atoms with Crippen LogP contribution >= 0.6 is 74.5 Å². The summed E-state index contributed by atoms with van der Waals surface area (Å²) < 4.78 is 2.84. The zero-order chi connectivity index (χ0) is 31.4. The molecule has 0 spiro atoms. The zero-order valence-corrected chi connectivity index (χ0v) is 41.1. The van der Waals surface area contributed by atoms with Crippen molar-refractivity contribution in [2.45, 2.75) is 158 Å². The van der Waals surface area contributed by atoms with Gasteiger partial charge in [0, 0.05) is 0 Å². The van der Waals surface area contributed by atoms with Crippen molar-refractivity contribution in [3.8, 4) is 0 Å². The molecule has 0 N–H and O–H groups in total. The van der Waals surface area contributed by atoms with E-state index >= 15 is 0 Å². The average Bonchev–Trinajstić information content (AvgIpc) is 2.97. The minimum atomic E-state index is 0.530. The van der Waals surface area contributed by atoms with Crippen molar-refractivity contribution in [3.63, 3.8) is 0 Å². The summed E-state index contributed by atoms with van der Waals surface area (Å²) in [5.41, 5.74) is 0. The minimum absolute atomic E-state index is 0.530. The molecule has 2 nitrogen and oxygen atoms in total. The van der Waals surface area contributed by atoms with Gasteiger partial charge in [-0.25, -0.2) is 0 Å². The SMILES string of the molecule is CCCC[N+](CCCC)(CCCC)CCCC.CCCC[N+](CCCC)(CCCC)CCCC.I[I-]I.I[I-]I. The molecule has 0 saturated carbocycles. The first-order chi connectivity index (χ1) is 19.3. The first-order valence-electron chi connectivity index (χ1n) is 16.8. The van der Waals surface area contributed by atoms with Crippen LogP contribution in [0.2, 0.25) is 0 Å². The van der Waals surface area contributed by atoms with Crippen LogP contribution in [0.4, 0.5) is 0 Å². The molecule has 0 atom stereocenters. The molecule has 0 unspecified atom stereocenters. The van der Waals surface area contributed by atoms with E-state index in [1.54, 1.807) is 0 Å². The predicted molar refractivity (Wildman–Crippen MR) is 215 cm³/mol. The van der Waals surface area contributed by atoms with Crippen LogP contribution in [0.3, 0.4) is 0 Å². The fourth-order valence-electron chi connectivity index (χ4n) is 5.29. The second kappa shape index (κ2) is 43.3. The van der Waals surface area contributed by atoms with Gasteiger partial charge in [-0.1, -0.05) is 107 Å². The van der Waals surface area contributed by atoms with Crippen LogP contribution in [-0.4, -0.2) is 61.3 Å². The Morgan fingerprint density at radius 1 is 0.300 bits per heavy atom. The van der Waals surface area contributed by atoms with Gasteiger partial charge in [-0.05, 0) is 51.4 Å². The number of hydrogen-bond donors (Lipinski definition) is 0. The summed E-state index contributed by atoms with van der Waals surface area (Å²) in [4.78, 5) is 0. The van der Waals surface area contributed by atoms with Gasteiger partial charge in [0.05, 0.1) is 52.4 Å². The topological polar surface area (TPSA) is 0 Å². The van der Waals surface area contributed by atoms with E-state index in [-0.39, 0.29) is 0 Å². The summed E-state index contributed by atoms with van der Waals surface area (Å²) in [6.45, 7) is 30.0. The number of rotatable bonds is 24. The summed E-state index contributed by atoms with van der Waals surface area (Å²) in [5, 5.41) is 0. The van der Waals surface area contributed by atoms with Crippen molar-refractivity contribution >= 4 is 74.5 Å². The maximum absolute atomic E-state index is 2.39. The molecule has 0 bridgehead atoms. The first-order valence-corrected chi connectivity index (χ1v) is 41.9. The monoisotopic (exact) mass is 1250 g/mol. The van der Waals surface area contributed by atoms with Gasteiger partial charge in [0.1, 0.15) is 0 Å². The molecular weight excluding hydrogens is 1170 g/mol. The third-order valence-corrected chi connectivity index (χ3v) is 7.89. The fraction of sp³-hybridized carbons (Fsp3) is 1.00. The van der Waals surface area contributed by atoms with E-state index in [2.05, 4.69) is 130 Å². The fourth-order valence-corrected chi connectivity index (χ4v) is 5.29. The second-order valence-electron chi connectivity index (χ2n) is 11.4. The number of quaternary nitrogens is 2. The molecule has 0 radical (unpaired) electrons. The molecule has 0 aromatic rings. The van der Waals surface area contributed by atoms with Crippen LogP contribution in [0.5, 0.6) is 0 Å². The Kier molecular flexibility index (Phi) is 55.4. The third-order valence-electron chi connectivity index (χ3n) is 7.89. The van der Waals surface area contributed by atoms with Gasteiger partial charge in [0.2, 0.25) is 0 Å². The van der Waals surface area contributed by atoms with Gasteiger partial charge in [-0.2, -0.15) is 0 Å². The van der Waals surface area contributed by atoms with Gasteiger partial charge in [0.15, 0.2) is 0 Å². The average molecular weight is 1250 g/mol. The van der Waals surface area contributed by atoms with Crippen molar-refractivity contribution in [1.82, 2.24) is 0 Å². The standard InChI is InChI=1S/2C16H36N.2I3/c2*1-5-9-13-17(14-10-6-2,15-11-7-3)16-12-8-4;2*1-3-2/h2*5-16H2,1-4H3;;/q2*+1;2*-1. The number of nitrogens with zero attached hydrogens (tertiary/aromatic N) is 2. The Morgan fingerprint density at radius 2 is 0.400 bits per heavy atom.